The third kappa shape index (κ3) is 1.12. The summed E-state index contributed by atoms with van der Waals surface area (Å²) in [5.74, 6) is -0.632. The Morgan fingerprint density at radius 3 is 2.79 bits per heavy atom. The maximum Gasteiger partial charge on any atom is 0.331 e. The summed E-state index contributed by atoms with van der Waals surface area (Å²) in [6, 6.07) is 0. The van der Waals surface area contributed by atoms with Crippen molar-refractivity contribution < 1.29 is 28.5 Å². The van der Waals surface area contributed by atoms with Crippen molar-refractivity contribution in [1.82, 2.24) is 0 Å². The zero-order valence-electron chi connectivity index (χ0n) is 13.5. The predicted molar refractivity (Wildman–Crippen MR) is 78.6 cm³/mol. The molecule has 0 aromatic heterocycles. The van der Waals surface area contributed by atoms with Crippen LogP contribution in [0.2, 0.25) is 0 Å². The molecule has 0 unspecified atom stereocenters. The van der Waals surface area contributed by atoms with Crippen LogP contribution in [0, 0.1) is 16.7 Å². The lowest BCUT2D eigenvalue weighted by molar-refractivity contribution is -0.149. The molecule has 2 saturated carbocycles. The highest BCUT2D eigenvalue weighted by Crippen LogP contribution is 2.75. The zero-order valence-corrected chi connectivity index (χ0v) is 13.5. The van der Waals surface area contributed by atoms with Crippen molar-refractivity contribution in [3.8, 4) is 0 Å². The van der Waals surface area contributed by atoms with Gasteiger partial charge in [-0.25, -0.2) is 4.79 Å². The lowest BCUT2D eigenvalue weighted by atomic mass is 9.47. The molecular weight excluding hydrogens is 312 g/mol. The van der Waals surface area contributed by atoms with Gasteiger partial charge in [-0.2, -0.15) is 0 Å². The van der Waals surface area contributed by atoms with Crippen LogP contribution in [0.25, 0.3) is 0 Å². The van der Waals surface area contributed by atoms with Gasteiger partial charge in [-0.05, 0) is 25.0 Å². The zero-order chi connectivity index (χ0) is 16.6. The normalized spacial score (nSPS) is 61.3. The van der Waals surface area contributed by atoms with E-state index in [4.69, 9.17) is 18.9 Å². The Kier molecular flexibility index (Phi) is 1.98. The lowest BCUT2D eigenvalue weighted by Gasteiger charge is -2.52. The van der Waals surface area contributed by atoms with Crippen molar-refractivity contribution in [3.05, 3.63) is 24.3 Å². The van der Waals surface area contributed by atoms with Gasteiger partial charge < -0.3 is 18.9 Å². The first kappa shape index (κ1) is 13.6. The van der Waals surface area contributed by atoms with Gasteiger partial charge in [0.15, 0.2) is 11.7 Å². The molecule has 6 heteroatoms. The number of epoxide rings is 2. The number of hydrogen-bond acceptors (Lipinski definition) is 6. The molecule has 4 aliphatic heterocycles. The number of hydrogen-bond donors (Lipinski definition) is 0. The lowest BCUT2D eigenvalue weighted by Crippen LogP contribution is -2.61. The molecule has 0 N–H and O–H groups in total. The fourth-order valence-electron chi connectivity index (χ4n) is 6.39. The van der Waals surface area contributed by atoms with E-state index in [1.165, 1.54) is 0 Å². The third-order valence-corrected chi connectivity index (χ3v) is 7.31. The molecule has 6 nitrogen and oxygen atoms in total. The van der Waals surface area contributed by atoms with Crippen LogP contribution in [0.1, 0.15) is 20.3 Å². The van der Waals surface area contributed by atoms with Gasteiger partial charge in [0, 0.05) is 17.4 Å². The van der Waals surface area contributed by atoms with Gasteiger partial charge in [0.2, 0.25) is 0 Å². The number of rotatable bonds is 1. The molecule has 0 amide bonds. The average molecular weight is 330 g/mol. The third-order valence-electron chi connectivity index (χ3n) is 7.31. The molecule has 24 heavy (non-hydrogen) atoms. The van der Waals surface area contributed by atoms with E-state index >= 15 is 0 Å². The largest absolute Gasteiger partial charge is 0.459 e. The Balaban J connectivity index is 1.61. The molecular formula is C18H18O6. The van der Waals surface area contributed by atoms with E-state index in [0.717, 1.165) is 12.0 Å². The molecule has 126 valence electrons. The van der Waals surface area contributed by atoms with E-state index in [1.807, 2.05) is 6.92 Å². The summed E-state index contributed by atoms with van der Waals surface area (Å²) >= 11 is 0. The molecule has 5 fully saturated rings. The van der Waals surface area contributed by atoms with Crippen molar-refractivity contribution in [2.45, 2.75) is 56.4 Å². The average Bonchev–Trinajstić information content (AvgIpc) is 3.42. The van der Waals surface area contributed by atoms with Crippen LogP contribution in [0.5, 0.6) is 0 Å². The number of cyclic esters (lactones) is 1. The van der Waals surface area contributed by atoms with Crippen LogP contribution in [0.4, 0.5) is 0 Å². The fraction of sp³-hybridized carbons (Fsp3) is 0.667. The summed E-state index contributed by atoms with van der Waals surface area (Å²) in [5, 5.41) is 0. The summed E-state index contributed by atoms with van der Waals surface area (Å²) in [7, 11) is 0. The van der Waals surface area contributed by atoms with Crippen molar-refractivity contribution in [2.24, 2.45) is 16.7 Å². The first-order valence-corrected chi connectivity index (χ1v) is 8.47. The van der Waals surface area contributed by atoms with Crippen molar-refractivity contribution in [2.75, 3.05) is 0 Å². The SMILES string of the molecule is C=C[C@H]1OC(=O)C=C2[C@@]13O[C@@H]3[C@H]1OC(=O)[C@@]3(C)[C@H]4O[C@H]4C[C@@]2(C)[C@@H]13. The predicted octanol–water partition coefficient (Wildman–Crippen LogP) is 0.901. The highest BCUT2D eigenvalue weighted by atomic mass is 16.7. The fourth-order valence-corrected chi connectivity index (χ4v) is 6.39. The van der Waals surface area contributed by atoms with Gasteiger partial charge in [-0.1, -0.05) is 13.5 Å². The van der Waals surface area contributed by atoms with Gasteiger partial charge in [0.05, 0.1) is 6.10 Å². The molecule has 3 saturated heterocycles. The molecule has 0 aromatic carbocycles. The van der Waals surface area contributed by atoms with Gasteiger partial charge in [0.25, 0.3) is 0 Å². The van der Waals surface area contributed by atoms with Crippen LogP contribution in [-0.4, -0.2) is 48.1 Å². The van der Waals surface area contributed by atoms with Crippen LogP contribution < -0.4 is 0 Å². The first-order valence-electron chi connectivity index (χ1n) is 8.47. The summed E-state index contributed by atoms with van der Waals surface area (Å²) in [6.07, 6.45) is 2.77. The summed E-state index contributed by atoms with van der Waals surface area (Å²) < 4.78 is 23.2. The van der Waals surface area contributed by atoms with Gasteiger partial charge in [0.1, 0.15) is 23.7 Å². The summed E-state index contributed by atoms with van der Waals surface area (Å²) in [5.41, 5.74) is -0.858. The van der Waals surface area contributed by atoms with Crippen molar-refractivity contribution >= 4 is 11.9 Å². The van der Waals surface area contributed by atoms with Crippen LogP contribution >= 0.6 is 0 Å². The molecule has 1 spiro atoms. The Morgan fingerprint density at radius 2 is 2.04 bits per heavy atom. The number of ether oxygens (including phenoxy) is 4. The van der Waals surface area contributed by atoms with E-state index in [-0.39, 0.29) is 42.3 Å². The second kappa shape index (κ2) is 3.48. The minimum Gasteiger partial charge on any atom is -0.459 e. The quantitative estimate of drug-likeness (QED) is 0.404. The Labute approximate surface area is 138 Å². The molecule has 6 aliphatic rings. The van der Waals surface area contributed by atoms with Crippen molar-refractivity contribution in [1.29, 1.82) is 0 Å². The highest BCUT2D eigenvalue weighted by molar-refractivity contribution is 5.88. The molecule has 9 atom stereocenters. The molecule has 0 bridgehead atoms. The minimum atomic E-state index is -0.723. The Morgan fingerprint density at radius 1 is 1.25 bits per heavy atom. The van der Waals surface area contributed by atoms with Crippen molar-refractivity contribution in [3.63, 3.8) is 0 Å². The Bertz CT molecular complexity index is 771. The molecule has 4 heterocycles. The number of carbonyl (C=O) groups is 2. The van der Waals surface area contributed by atoms with E-state index in [2.05, 4.69) is 13.5 Å². The molecule has 2 aliphatic carbocycles. The Hall–Kier alpha value is -1.66. The van der Waals surface area contributed by atoms with Crippen LogP contribution in [0.3, 0.4) is 0 Å². The number of fused-ring (bicyclic) bond motifs is 4. The smallest absolute Gasteiger partial charge is 0.331 e. The van der Waals surface area contributed by atoms with Gasteiger partial charge in [-0.3, -0.25) is 4.79 Å². The van der Waals surface area contributed by atoms with Gasteiger partial charge >= 0.3 is 11.9 Å². The number of carbonyl (C=O) groups excluding carboxylic acids is 2. The highest BCUT2D eigenvalue weighted by Gasteiger charge is 2.86. The number of esters is 2. The molecule has 0 radical (unpaired) electrons. The standard InChI is InChI=1S/C18H18O6/c1-4-9-18-8(5-10(19)22-9)16(2)6-7-13(21-7)17(3)12(16)11(14(18)24-18)23-15(17)20/h4-5,7,9,11-14H,1,6H2,2-3H3/t7-,9+,11-,12+,13-,14+,16+,17+,18+/m0/s1. The second-order valence-corrected chi connectivity index (χ2v) is 8.33. The first-order chi connectivity index (χ1) is 11.4. The summed E-state index contributed by atoms with van der Waals surface area (Å²) in [6.45, 7) is 7.87. The topological polar surface area (TPSA) is 77.7 Å². The molecule has 6 rings (SSSR count). The van der Waals surface area contributed by atoms with Crippen LogP contribution in [-0.2, 0) is 28.5 Å². The maximum atomic E-state index is 12.7. The van der Waals surface area contributed by atoms with E-state index in [1.54, 1.807) is 12.2 Å². The van der Waals surface area contributed by atoms with E-state index in [9.17, 15) is 9.59 Å². The van der Waals surface area contributed by atoms with E-state index in [0.29, 0.717) is 0 Å². The second-order valence-electron chi connectivity index (χ2n) is 8.33. The van der Waals surface area contributed by atoms with E-state index < -0.39 is 22.5 Å². The minimum absolute atomic E-state index is 0.0379. The van der Waals surface area contributed by atoms with Gasteiger partial charge in [-0.15, -0.1) is 0 Å². The van der Waals surface area contributed by atoms with Crippen LogP contribution in [0.15, 0.2) is 24.3 Å². The monoisotopic (exact) mass is 330 g/mol. The maximum absolute atomic E-state index is 12.7. The molecule has 0 aromatic rings. The summed E-state index contributed by atoms with van der Waals surface area (Å²) in [4.78, 5) is 24.9.